The molecule has 2 saturated heterocycles. The molecule has 3 rings (SSSR count). The minimum Gasteiger partial charge on any atom is -0.375 e. The Morgan fingerprint density at radius 3 is 2.64 bits per heavy atom. The van der Waals surface area contributed by atoms with Gasteiger partial charge < -0.3 is 19.9 Å². The van der Waals surface area contributed by atoms with Crippen molar-refractivity contribution in [1.82, 2.24) is 10.2 Å². The van der Waals surface area contributed by atoms with Gasteiger partial charge in [0.25, 0.3) is 5.69 Å². The molecule has 1 atom stereocenters. The van der Waals surface area contributed by atoms with Crippen molar-refractivity contribution in [3.8, 4) is 0 Å². The second kappa shape index (κ2) is 8.98. The largest absolute Gasteiger partial charge is 0.375 e. The van der Waals surface area contributed by atoms with Crippen LogP contribution in [0.25, 0.3) is 0 Å². The molecule has 9 heteroatoms. The quantitative estimate of drug-likeness (QED) is 0.629. The molecule has 1 N–H and O–H groups in total. The van der Waals surface area contributed by atoms with E-state index in [1.807, 2.05) is 9.80 Å². The summed E-state index contributed by atoms with van der Waals surface area (Å²) in [5.41, 5.74) is 0.730. The molecule has 138 valence electrons. The fourth-order valence-corrected chi connectivity index (χ4v) is 3.16. The van der Waals surface area contributed by atoms with Gasteiger partial charge in [0.1, 0.15) is 5.69 Å². The number of para-hydroxylation sites is 2. The smallest absolute Gasteiger partial charge is 0.292 e. The number of anilines is 1. The Kier molecular flexibility index (Phi) is 6.98. The van der Waals surface area contributed by atoms with Gasteiger partial charge in [-0.1, -0.05) is 12.1 Å². The van der Waals surface area contributed by atoms with E-state index in [1.54, 1.807) is 18.2 Å². The first kappa shape index (κ1) is 19.4. The number of nitro benzene ring substituents is 1. The van der Waals surface area contributed by atoms with E-state index < -0.39 is 0 Å². The van der Waals surface area contributed by atoms with Crippen molar-refractivity contribution in [2.75, 3.05) is 50.8 Å². The van der Waals surface area contributed by atoms with E-state index in [9.17, 15) is 14.9 Å². The van der Waals surface area contributed by atoms with Gasteiger partial charge in [-0.2, -0.15) is 0 Å². The second-order valence-corrected chi connectivity index (χ2v) is 6.01. The van der Waals surface area contributed by atoms with Crippen molar-refractivity contribution in [1.29, 1.82) is 0 Å². The number of rotatable bonds is 4. The average Bonchev–Trinajstić information content (AvgIpc) is 2.62. The lowest BCUT2D eigenvalue weighted by atomic mass is 10.1. The summed E-state index contributed by atoms with van der Waals surface area (Å²) in [4.78, 5) is 27.0. The Bertz CT molecular complexity index is 602. The van der Waals surface area contributed by atoms with Gasteiger partial charge in [0, 0.05) is 45.3 Å². The van der Waals surface area contributed by atoms with Crippen molar-refractivity contribution in [3.05, 3.63) is 34.4 Å². The van der Waals surface area contributed by atoms with E-state index in [0.717, 1.165) is 6.54 Å². The number of piperazine rings is 1. The van der Waals surface area contributed by atoms with E-state index in [0.29, 0.717) is 51.4 Å². The minimum atomic E-state index is -0.361. The summed E-state index contributed by atoms with van der Waals surface area (Å²) >= 11 is 0. The summed E-state index contributed by atoms with van der Waals surface area (Å²) in [6.45, 7) is 4.53. The third-order valence-electron chi connectivity index (χ3n) is 4.46. The Morgan fingerprint density at radius 1 is 1.28 bits per heavy atom. The number of carbonyl (C=O) groups excluding carboxylic acids is 1. The fraction of sp³-hybridized carbons (Fsp3) is 0.562. The van der Waals surface area contributed by atoms with Crippen LogP contribution >= 0.6 is 12.4 Å². The zero-order chi connectivity index (χ0) is 16.9. The Hall–Kier alpha value is -1.90. The van der Waals surface area contributed by atoms with Crippen molar-refractivity contribution in [2.45, 2.75) is 12.5 Å². The third kappa shape index (κ3) is 4.81. The number of morpholine rings is 1. The molecule has 2 heterocycles. The summed E-state index contributed by atoms with van der Waals surface area (Å²) in [6, 6.07) is 6.74. The number of benzene rings is 1. The van der Waals surface area contributed by atoms with Gasteiger partial charge in [-0.15, -0.1) is 12.4 Å². The van der Waals surface area contributed by atoms with E-state index in [-0.39, 0.29) is 35.0 Å². The van der Waals surface area contributed by atoms with Crippen LogP contribution in [-0.4, -0.2) is 67.7 Å². The average molecular weight is 371 g/mol. The molecule has 0 radical (unpaired) electrons. The maximum Gasteiger partial charge on any atom is 0.292 e. The molecule has 1 unspecified atom stereocenters. The van der Waals surface area contributed by atoms with Crippen LogP contribution in [0.3, 0.4) is 0 Å². The van der Waals surface area contributed by atoms with Gasteiger partial charge in [0.15, 0.2) is 0 Å². The van der Waals surface area contributed by atoms with Crippen LogP contribution in [-0.2, 0) is 9.53 Å². The monoisotopic (exact) mass is 370 g/mol. The summed E-state index contributed by atoms with van der Waals surface area (Å²) in [5.74, 6) is 0.0888. The molecule has 25 heavy (non-hydrogen) atoms. The number of halogens is 1. The summed E-state index contributed by atoms with van der Waals surface area (Å²) in [5, 5.41) is 14.4. The number of ether oxygens (including phenoxy) is 1. The number of hydrogen-bond donors (Lipinski definition) is 1. The summed E-state index contributed by atoms with van der Waals surface area (Å²) < 4.78 is 5.58. The minimum absolute atomic E-state index is 0. The van der Waals surface area contributed by atoms with Crippen molar-refractivity contribution in [2.24, 2.45) is 0 Å². The zero-order valence-corrected chi connectivity index (χ0v) is 14.7. The molecule has 0 spiro atoms. The van der Waals surface area contributed by atoms with Crippen LogP contribution in [0.5, 0.6) is 0 Å². The molecule has 1 aromatic carbocycles. The fourth-order valence-electron chi connectivity index (χ4n) is 3.16. The Morgan fingerprint density at radius 2 is 2.00 bits per heavy atom. The molecule has 0 aliphatic carbocycles. The third-order valence-corrected chi connectivity index (χ3v) is 4.46. The van der Waals surface area contributed by atoms with Crippen LogP contribution in [0, 0.1) is 10.1 Å². The maximum atomic E-state index is 12.4. The second-order valence-electron chi connectivity index (χ2n) is 6.01. The molecule has 0 aromatic heterocycles. The van der Waals surface area contributed by atoms with Gasteiger partial charge in [0.05, 0.1) is 24.1 Å². The topological polar surface area (TPSA) is 88.0 Å². The first-order valence-corrected chi connectivity index (χ1v) is 8.23. The van der Waals surface area contributed by atoms with E-state index in [2.05, 4.69) is 5.32 Å². The predicted octanol–water partition coefficient (Wildman–Crippen LogP) is 1.04. The highest BCUT2D eigenvalue weighted by Crippen LogP contribution is 2.28. The van der Waals surface area contributed by atoms with E-state index in [1.165, 1.54) is 6.07 Å². The van der Waals surface area contributed by atoms with Crippen molar-refractivity contribution in [3.63, 3.8) is 0 Å². The Balaban J connectivity index is 0.00000225. The van der Waals surface area contributed by atoms with Crippen LogP contribution in [0.1, 0.15) is 6.42 Å². The standard InChI is InChI=1S/C16H22N4O4.ClH/c21-16(11-13-12-17-5-10-24-13)19-8-6-18(7-9-19)14-3-1-2-4-15(14)20(22)23;/h1-4,13,17H,5-12H2;1H. The molecular weight excluding hydrogens is 348 g/mol. The molecule has 8 nitrogen and oxygen atoms in total. The van der Waals surface area contributed by atoms with Crippen LogP contribution in [0.4, 0.5) is 11.4 Å². The normalized spacial score (nSPS) is 20.7. The lowest BCUT2D eigenvalue weighted by molar-refractivity contribution is -0.384. The highest BCUT2D eigenvalue weighted by atomic mass is 35.5. The van der Waals surface area contributed by atoms with Gasteiger partial charge in [-0.25, -0.2) is 0 Å². The zero-order valence-electron chi connectivity index (χ0n) is 13.9. The van der Waals surface area contributed by atoms with Gasteiger partial charge in [-0.05, 0) is 6.07 Å². The molecule has 2 fully saturated rings. The molecule has 0 bridgehead atoms. The van der Waals surface area contributed by atoms with Crippen molar-refractivity contribution >= 4 is 29.7 Å². The summed E-state index contributed by atoms with van der Waals surface area (Å²) in [7, 11) is 0. The summed E-state index contributed by atoms with van der Waals surface area (Å²) in [6.07, 6.45) is 0.331. The SMILES string of the molecule is Cl.O=C(CC1CNCCO1)N1CCN(c2ccccc2[N+](=O)[O-])CC1. The van der Waals surface area contributed by atoms with Gasteiger partial charge >= 0.3 is 0 Å². The number of nitrogens with one attached hydrogen (secondary N) is 1. The molecular formula is C16H23ClN4O4. The van der Waals surface area contributed by atoms with Crippen LogP contribution < -0.4 is 10.2 Å². The highest BCUT2D eigenvalue weighted by Gasteiger charge is 2.27. The first-order chi connectivity index (χ1) is 11.6. The Labute approximate surface area is 152 Å². The molecule has 1 amide bonds. The molecule has 2 aliphatic heterocycles. The number of hydrogen-bond acceptors (Lipinski definition) is 6. The maximum absolute atomic E-state index is 12.4. The number of nitrogens with zero attached hydrogens (tertiary/aromatic N) is 3. The van der Waals surface area contributed by atoms with E-state index in [4.69, 9.17) is 4.74 Å². The number of amides is 1. The predicted molar refractivity (Wildman–Crippen MR) is 96.4 cm³/mol. The number of nitro groups is 1. The molecule has 1 aromatic rings. The highest BCUT2D eigenvalue weighted by molar-refractivity contribution is 5.85. The molecule has 2 aliphatic rings. The van der Waals surface area contributed by atoms with E-state index >= 15 is 0 Å². The van der Waals surface area contributed by atoms with Crippen LogP contribution in [0.15, 0.2) is 24.3 Å². The number of carbonyl (C=O) groups is 1. The molecule has 0 saturated carbocycles. The first-order valence-electron chi connectivity index (χ1n) is 8.23. The lowest BCUT2D eigenvalue weighted by Gasteiger charge is -2.36. The lowest BCUT2D eigenvalue weighted by Crippen LogP contribution is -2.50. The van der Waals surface area contributed by atoms with Crippen LogP contribution in [0.2, 0.25) is 0 Å². The van der Waals surface area contributed by atoms with Gasteiger partial charge in [0.2, 0.25) is 5.91 Å². The van der Waals surface area contributed by atoms with Gasteiger partial charge in [-0.3, -0.25) is 14.9 Å². The van der Waals surface area contributed by atoms with Crippen molar-refractivity contribution < 1.29 is 14.5 Å².